The van der Waals surface area contributed by atoms with Crippen molar-refractivity contribution in [2.45, 2.75) is 23.4 Å². The minimum absolute atomic E-state index is 0.153. The summed E-state index contributed by atoms with van der Waals surface area (Å²) in [4.78, 5) is 8.49. The van der Waals surface area contributed by atoms with E-state index in [1.807, 2.05) is 17.7 Å². The van der Waals surface area contributed by atoms with E-state index in [1.54, 1.807) is 12.3 Å². The SMILES string of the molecule is Cn1c([C@@H]2CCN(S(=O)(=O)c3cccc(C(F)(F)F)c3)C2)nc2cccnc21. The fraction of sp³-hybridized carbons (Fsp3) is 0.333. The highest BCUT2D eigenvalue weighted by Crippen LogP contribution is 2.34. The topological polar surface area (TPSA) is 68.1 Å². The van der Waals surface area contributed by atoms with Gasteiger partial charge in [0.1, 0.15) is 11.3 Å². The molecule has 2 aromatic heterocycles. The summed E-state index contributed by atoms with van der Waals surface area (Å²) in [6, 6.07) is 7.45. The molecule has 1 aliphatic rings. The van der Waals surface area contributed by atoms with Crippen molar-refractivity contribution < 1.29 is 21.6 Å². The Morgan fingerprint density at radius 3 is 2.68 bits per heavy atom. The van der Waals surface area contributed by atoms with Crippen LogP contribution in [0.2, 0.25) is 0 Å². The average Bonchev–Trinajstić information content (AvgIpc) is 3.27. The van der Waals surface area contributed by atoms with Gasteiger partial charge < -0.3 is 4.57 Å². The third kappa shape index (κ3) is 3.16. The Bertz CT molecular complexity index is 1140. The number of alkyl halides is 3. The van der Waals surface area contributed by atoms with E-state index in [2.05, 4.69) is 9.97 Å². The number of aromatic nitrogens is 3. The number of rotatable bonds is 3. The van der Waals surface area contributed by atoms with E-state index >= 15 is 0 Å². The fourth-order valence-electron chi connectivity index (χ4n) is 3.55. The number of halogens is 3. The van der Waals surface area contributed by atoms with Crippen molar-refractivity contribution in [3.05, 3.63) is 54.0 Å². The molecule has 0 radical (unpaired) electrons. The molecule has 1 aliphatic heterocycles. The van der Waals surface area contributed by atoms with Gasteiger partial charge >= 0.3 is 6.18 Å². The monoisotopic (exact) mass is 410 g/mol. The van der Waals surface area contributed by atoms with E-state index in [0.29, 0.717) is 18.1 Å². The second kappa shape index (κ2) is 6.56. The second-order valence-corrected chi connectivity index (χ2v) is 8.69. The maximum Gasteiger partial charge on any atom is 0.416 e. The molecule has 1 saturated heterocycles. The lowest BCUT2D eigenvalue weighted by molar-refractivity contribution is -0.137. The van der Waals surface area contributed by atoms with E-state index in [1.165, 1.54) is 10.4 Å². The molecule has 1 aromatic carbocycles. The quantitative estimate of drug-likeness (QED) is 0.665. The Morgan fingerprint density at radius 2 is 1.96 bits per heavy atom. The predicted octanol–water partition coefficient (Wildman–Crippen LogP) is 3.17. The molecule has 0 amide bonds. The first kappa shape index (κ1) is 18.9. The van der Waals surface area contributed by atoms with Crippen molar-refractivity contribution >= 4 is 21.2 Å². The van der Waals surface area contributed by atoms with Crippen molar-refractivity contribution in [2.75, 3.05) is 13.1 Å². The molecule has 28 heavy (non-hydrogen) atoms. The lowest BCUT2D eigenvalue weighted by Crippen LogP contribution is -2.29. The summed E-state index contributed by atoms with van der Waals surface area (Å²) in [5, 5.41) is 0. The number of fused-ring (bicyclic) bond motifs is 1. The number of aryl methyl sites for hydroxylation is 1. The van der Waals surface area contributed by atoms with E-state index in [9.17, 15) is 21.6 Å². The molecule has 6 nitrogen and oxygen atoms in total. The smallest absolute Gasteiger partial charge is 0.316 e. The first-order chi connectivity index (χ1) is 13.2. The minimum Gasteiger partial charge on any atom is -0.316 e. The van der Waals surface area contributed by atoms with Gasteiger partial charge in [0.05, 0.1) is 10.5 Å². The molecule has 4 rings (SSSR count). The van der Waals surface area contributed by atoms with Crippen molar-refractivity contribution in [2.24, 2.45) is 7.05 Å². The molecule has 0 aliphatic carbocycles. The van der Waals surface area contributed by atoms with Crippen LogP contribution in [0, 0.1) is 0 Å². The van der Waals surface area contributed by atoms with Gasteiger partial charge in [0.2, 0.25) is 10.0 Å². The molecule has 0 saturated carbocycles. The Kier molecular flexibility index (Phi) is 4.42. The van der Waals surface area contributed by atoms with Crippen molar-refractivity contribution in [1.29, 1.82) is 0 Å². The fourth-order valence-corrected chi connectivity index (χ4v) is 5.09. The normalized spacial score (nSPS) is 18.8. The molecule has 0 N–H and O–H groups in total. The number of sulfonamides is 1. The van der Waals surface area contributed by atoms with Gasteiger partial charge in [-0.1, -0.05) is 6.07 Å². The van der Waals surface area contributed by atoms with E-state index in [0.717, 1.165) is 23.5 Å². The van der Waals surface area contributed by atoms with Crippen LogP contribution in [0.15, 0.2) is 47.5 Å². The second-order valence-electron chi connectivity index (χ2n) is 6.75. The molecule has 3 heterocycles. The predicted molar refractivity (Wildman–Crippen MR) is 96.1 cm³/mol. The van der Waals surface area contributed by atoms with Crippen LogP contribution in [0.3, 0.4) is 0 Å². The van der Waals surface area contributed by atoms with Crippen LogP contribution < -0.4 is 0 Å². The Labute approximate surface area is 159 Å². The molecule has 0 bridgehead atoms. The first-order valence-corrected chi connectivity index (χ1v) is 10.1. The molecule has 1 fully saturated rings. The number of nitrogens with zero attached hydrogens (tertiary/aromatic N) is 4. The van der Waals surface area contributed by atoms with Gasteiger partial charge in [0, 0.05) is 32.3 Å². The Morgan fingerprint density at radius 1 is 1.18 bits per heavy atom. The first-order valence-electron chi connectivity index (χ1n) is 8.62. The van der Waals surface area contributed by atoms with Gasteiger partial charge in [0.15, 0.2) is 5.65 Å². The van der Waals surface area contributed by atoms with Gasteiger partial charge in [-0.2, -0.15) is 17.5 Å². The van der Waals surface area contributed by atoms with Crippen LogP contribution in [0.25, 0.3) is 11.2 Å². The third-order valence-electron chi connectivity index (χ3n) is 4.98. The largest absolute Gasteiger partial charge is 0.416 e. The summed E-state index contributed by atoms with van der Waals surface area (Å²) in [5.41, 5.74) is 0.446. The summed E-state index contributed by atoms with van der Waals surface area (Å²) in [6.45, 7) is 0.385. The van der Waals surface area contributed by atoms with Crippen molar-refractivity contribution in [1.82, 2.24) is 18.8 Å². The average molecular weight is 410 g/mol. The molecule has 0 spiro atoms. The molecule has 10 heteroatoms. The Hall–Kier alpha value is -2.46. The summed E-state index contributed by atoms with van der Waals surface area (Å²) in [7, 11) is -2.20. The molecule has 0 unspecified atom stereocenters. The Balaban J connectivity index is 1.62. The number of pyridine rings is 1. The van der Waals surface area contributed by atoms with Crippen LogP contribution in [-0.2, 0) is 23.2 Å². The standard InChI is InChI=1S/C18H17F3N4O2S/c1-24-16(23-15-6-3-8-22-17(15)24)12-7-9-25(11-12)28(26,27)14-5-2-4-13(10-14)18(19,20)21/h2-6,8,10,12H,7,9,11H2,1H3/t12-/m1/s1. The summed E-state index contributed by atoms with van der Waals surface area (Å²) >= 11 is 0. The van der Waals surface area contributed by atoms with E-state index in [4.69, 9.17) is 0 Å². The number of benzene rings is 1. The highest BCUT2D eigenvalue weighted by molar-refractivity contribution is 7.89. The van der Waals surface area contributed by atoms with Gasteiger partial charge in [0.25, 0.3) is 0 Å². The molecule has 148 valence electrons. The highest BCUT2D eigenvalue weighted by atomic mass is 32.2. The zero-order chi connectivity index (χ0) is 20.1. The van der Waals surface area contributed by atoms with Gasteiger partial charge in [-0.05, 0) is 36.8 Å². The van der Waals surface area contributed by atoms with E-state index in [-0.39, 0.29) is 23.9 Å². The molecule has 1 atom stereocenters. The molecular weight excluding hydrogens is 393 g/mol. The zero-order valence-electron chi connectivity index (χ0n) is 14.9. The van der Waals surface area contributed by atoms with Crippen molar-refractivity contribution in [3.63, 3.8) is 0 Å². The van der Waals surface area contributed by atoms with Gasteiger partial charge in [-0.3, -0.25) is 0 Å². The van der Waals surface area contributed by atoms with Crippen LogP contribution in [-0.4, -0.2) is 40.3 Å². The summed E-state index contributed by atoms with van der Waals surface area (Å²) < 4.78 is 67.6. The zero-order valence-corrected chi connectivity index (χ0v) is 15.7. The maximum absolute atomic E-state index is 12.9. The number of imidazole rings is 1. The number of hydrogen-bond acceptors (Lipinski definition) is 4. The molecule has 3 aromatic rings. The van der Waals surface area contributed by atoms with Crippen LogP contribution in [0.4, 0.5) is 13.2 Å². The lowest BCUT2D eigenvalue weighted by Gasteiger charge is -2.17. The molecular formula is C18H17F3N4O2S. The number of hydrogen-bond donors (Lipinski definition) is 0. The third-order valence-corrected chi connectivity index (χ3v) is 6.84. The van der Waals surface area contributed by atoms with Gasteiger partial charge in [-0.25, -0.2) is 18.4 Å². The van der Waals surface area contributed by atoms with Crippen LogP contribution in [0.1, 0.15) is 23.7 Å². The lowest BCUT2D eigenvalue weighted by atomic mass is 10.1. The minimum atomic E-state index is -4.60. The highest BCUT2D eigenvalue weighted by Gasteiger charge is 2.37. The maximum atomic E-state index is 12.9. The summed E-state index contributed by atoms with van der Waals surface area (Å²) in [6.07, 6.45) is -2.40. The van der Waals surface area contributed by atoms with Crippen LogP contribution in [0.5, 0.6) is 0 Å². The summed E-state index contributed by atoms with van der Waals surface area (Å²) in [5.74, 6) is 0.565. The van der Waals surface area contributed by atoms with Gasteiger partial charge in [-0.15, -0.1) is 0 Å². The van der Waals surface area contributed by atoms with E-state index < -0.39 is 21.8 Å². The van der Waals surface area contributed by atoms with Crippen LogP contribution >= 0.6 is 0 Å². The van der Waals surface area contributed by atoms with Crippen molar-refractivity contribution in [3.8, 4) is 0 Å².